The van der Waals surface area contributed by atoms with Crippen LogP contribution in [-0.2, 0) is 38.1 Å². The van der Waals surface area contributed by atoms with Gasteiger partial charge in [0.05, 0.1) is 25.8 Å². The fourth-order valence-electron chi connectivity index (χ4n) is 7.53. The summed E-state index contributed by atoms with van der Waals surface area (Å²) in [5.41, 5.74) is 5.50. The van der Waals surface area contributed by atoms with Gasteiger partial charge in [0, 0.05) is 27.1 Å². The summed E-state index contributed by atoms with van der Waals surface area (Å²) in [7, 11) is 2.71. The zero-order chi connectivity index (χ0) is 51.7. The van der Waals surface area contributed by atoms with E-state index in [0.717, 1.165) is 57.8 Å². The Hall–Kier alpha value is -3.08. The summed E-state index contributed by atoms with van der Waals surface area (Å²) in [5, 5.41) is 72.9. The number of carbonyl (C=O) groups is 4. The highest BCUT2D eigenvalue weighted by atomic mass is 16.7. The molecule has 10 unspecified atom stereocenters. The van der Waals surface area contributed by atoms with Crippen LogP contribution < -0.4 is 21.7 Å². The predicted molar refractivity (Wildman–Crippen MR) is 264 cm³/mol. The molecule has 404 valence electrons. The van der Waals surface area contributed by atoms with Crippen LogP contribution in [0.4, 0.5) is 0 Å². The summed E-state index contributed by atoms with van der Waals surface area (Å²) >= 11 is 0. The van der Waals surface area contributed by atoms with Crippen LogP contribution in [-0.4, -0.2) is 161 Å². The average molecular weight is 991 g/mol. The lowest BCUT2D eigenvalue weighted by Gasteiger charge is -2.41. The maximum Gasteiger partial charge on any atom is 0.322 e. The normalized spacial score (nSPS) is 24.5. The second kappa shape index (κ2) is 43.7. The van der Waals surface area contributed by atoms with E-state index in [1.165, 1.54) is 97.7 Å². The lowest BCUT2D eigenvalue weighted by molar-refractivity contribution is -0.262. The fourth-order valence-corrected chi connectivity index (χ4v) is 7.53. The second-order valence-electron chi connectivity index (χ2n) is 17.8. The Morgan fingerprint density at radius 1 is 0.522 bits per heavy atom. The third-order valence-electron chi connectivity index (χ3n) is 11.8. The highest BCUT2D eigenvalue weighted by molar-refractivity contribution is 5.84. The molecule has 10 atom stereocenters. The zero-order valence-electron chi connectivity index (χ0n) is 42.4. The van der Waals surface area contributed by atoms with E-state index in [9.17, 15) is 44.7 Å². The van der Waals surface area contributed by atoms with Gasteiger partial charge in [0.15, 0.2) is 12.6 Å². The Kier molecular flexibility index (Phi) is 41.7. The number of aliphatic carboxylic acids is 1. The molecule has 0 spiro atoms. The Morgan fingerprint density at radius 2 is 0.899 bits per heavy atom. The first-order valence-corrected chi connectivity index (χ1v) is 25.6. The van der Waals surface area contributed by atoms with E-state index in [4.69, 9.17) is 34.9 Å². The van der Waals surface area contributed by atoms with E-state index in [0.29, 0.717) is 12.8 Å². The quantitative estimate of drug-likeness (QED) is 0.0318. The minimum atomic E-state index is -1.38. The number of allylic oxidation sites excluding steroid dienone is 4. The van der Waals surface area contributed by atoms with Crippen LogP contribution in [0, 0.1) is 0 Å². The summed E-state index contributed by atoms with van der Waals surface area (Å²) in [6.07, 6.45) is 27.0. The number of hydrogen-bond donors (Lipinski definition) is 11. The molecule has 0 saturated carbocycles. The molecule has 19 heteroatoms. The molecule has 0 radical (unpaired) electrons. The van der Waals surface area contributed by atoms with Gasteiger partial charge >= 0.3 is 5.97 Å². The van der Waals surface area contributed by atoms with Crippen molar-refractivity contribution in [2.75, 3.05) is 40.5 Å². The summed E-state index contributed by atoms with van der Waals surface area (Å²) in [4.78, 5) is 45.7. The Bertz CT molecular complexity index is 1340. The molecule has 2 aliphatic heterocycles. The number of amides is 3. The summed E-state index contributed by atoms with van der Waals surface area (Å²) in [5.74, 6) is -1.89. The molecule has 2 rings (SSSR count). The van der Waals surface area contributed by atoms with Crippen molar-refractivity contribution in [3.63, 3.8) is 0 Å². The molecular weight excluding hydrogens is 897 g/mol. The number of rotatable bonds is 35. The summed E-state index contributed by atoms with van der Waals surface area (Å²) in [6, 6.07) is -1.83. The fraction of sp³-hybridized carbons (Fsp3) is 0.840. The van der Waals surface area contributed by atoms with Gasteiger partial charge in [-0.3, -0.25) is 19.2 Å². The highest BCUT2D eigenvalue weighted by Crippen LogP contribution is 2.22. The van der Waals surface area contributed by atoms with E-state index in [2.05, 4.69) is 54.1 Å². The van der Waals surface area contributed by atoms with Crippen molar-refractivity contribution in [1.82, 2.24) is 16.0 Å². The van der Waals surface area contributed by atoms with Crippen LogP contribution in [0.2, 0.25) is 0 Å². The van der Waals surface area contributed by atoms with Crippen LogP contribution in [0.3, 0.4) is 0 Å². The maximum absolute atomic E-state index is 12.2. The SMILES string of the molecule is CCCCCC/C=C\CCCCCCCC(=O)NCC(=O)NC1C(OC)OC(CO)C(O)C1O.CCCCCC/C=C\CCCCCCCC(=O)NCC(=O)O.COC1OC(CO)C(O)C(O)C1N. The molecule has 0 aromatic rings. The molecule has 2 saturated heterocycles. The lowest BCUT2D eigenvalue weighted by Crippen LogP contribution is -2.65. The van der Waals surface area contributed by atoms with Crippen LogP contribution in [0.5, 0.6) is 0 Å². The van der Waals surface area contributed by atoms with E-state index < -0.39 is 79.8 Å². The summed E-state index contributed by atoms with van der Waals surface area (Å²) < 4.78 is 20.3. The number of ether oxygens (including phenoxy) is 4. The first kappa shape index (κ1) is 65.9. The molecule has 19 nitrogen and oxygen atoms in total. The molecule has 0 bridgehead atoms. The van der Waals surface area contributed by atoms with Crippen molar-refractivity contribution in [2.45, 2.75) is 229 Å². The molecular formula is C50H94N4O15. The first-order valence-electron chi connectivity index (χ1n) is 25.6. The first-order chi connectivity index (χ1) is 33.2. The van der Waals surface area contributed by atoms with E-state index in [1.807, 2.05) is 0 Å². The van der Waals surface area contributed by atoms with Crippen molar-refractivity contribution in [3.8, 4) is 0 Å². The van der Waals surface area contributed by atoms with Gasteiger partial charge in [0.25, 0.3) is 0 Å². The number of hydrogen-bond acceptors (Lipinski definition) is 15. The molecule has 0 aromatic heterocycles. The van der Waals surface area contributed by atoms with E-state index in [1.54, 1.807) is 0 Å². The van der Waals surface area contributed by atoms with Gasteiger partial charge in [-0.05, 0) is 64.2 Å². The second-order valence-corrected chi connectivity index (χ2v) is 17.8. The molecule has 12 N–H and O–H groups in total. The molecule has 69 heavy (non-hydrogen) atoms. The smallest absolute Gasteiger partial charge is 0.322 e. The lowest BCUT2D eigenvalue weighted by atomic mass is 9.97. The molecule has 0 aromatic carbocycles. The molecule has 3 amide bonds. The Balaban J connectivity index is 0.00000112. The number of aliphatic hydroxyl groups excluding tert-OH is 6. The van der Waals surface area contributed by atoms with Gasteiger partial charge in [0.1, 0.15) is 49.2 Å². The largest absolute Gasteiger partial charge is 0.480 e. The van der Waals surface area contributed by atoms with Crippen LogP contribution in [0.1, 0.15) is 168 Å². The van der Waals surface area contributed by atoms with Gasteiger partial charge in [0.2, 0.25) is 17.7 Å². The number of carboxylic acid groups (broad SMARTS) is 1. The van der Waals surface area contributed by atoms with Gasteiger partial charge < -0.3 is 76.4 Å². The van der Waals surface area contributed by atoms with Gasteiger partial charge in [-0.15, -0.1) is 0 Å². The third kappa shape index (κ3) is 32.5. The standard InChI is InChI=1S/C25H46N2O7.C18H33NO3.C7H15NO5/c1-3-4-5-6-7-8-9-10-11-12-13-14-15-16-20(29)26-17-21(30)27-22-24(32)23(31)19(18-28)34-25(22)33-2;1-2-3-4-5-6-7-8-9-10-11-12-13-14-15-17(20)19-16-18(21)22;1-12-7-4(8)6(11)5(10)3(2-9)13-7/h8-9,19,22-25,28,31-32H,3-7,10-18H2,1-2H3,(H,26,29)(H,27,30);7-8H,2-6,9-16H2,1H3,(H,19,20)(H,21,22);3-7,9-11H,2,8H2,1H3/b9-8-;8-7-;. The van der Waals surface area contributed by atoms with Crippen LogP contribution in [0.15, 0.2) is 24.3 Å². The highest BCUT2D eigenvalue weighted by Gasteiger charge is 2.45. The molecule has 2 aliphatic rings. The van der Waals surface area contributed by atoms with Gasteiger partial charge in [-0.2, -0.15) is 0 Å². The van der Waals surface area contributed by atoms with Crippen LogP contribution in [0.25, 0.3) is 0 Å². The van der Waals surface area contributed by atoms with Gasteiger partial charge in [-0.1, -0.05) is 115 Å². The van der Waals surface area contributed by atoms with Crippen molar-refractivity contribution in [2.24, 2.45) is 5.73 Å². The monoisotopic (exact) mass is 991 g/mol. The topological polar surface area (TPSA) is 309 Å². The van der Waals surface area contributed by atoms with Crippen molar-refractivity contribution in [3.05, 3.63) is 24.3 Å². The predicted octanol–water partition coefficient (Wildman–Crippen LogP) is 3.77. The number of nitrogens with one attached hydrogen (secondary N) is 3. The minimum Gasteiger partial charge on any atom is -0.480 e. The Labute approximate surface area is 412 Å². The minimum absolute atomic E-state index is 0.159. The average Bonchev–Trinajstić information content (AvgIpc) is 3.34. The number of carboxylic acids is 1. The summed E-state index contributed by atoms with van der Waals surface area (Å²) in [6.45, 7) is 3.06. The van der Waals surface area contributed by atoms with Crippen molar-refractivity contribution in [1.29, 1.82) is 0 Å². The van der Waals surface area contributed by atoms with E-state index in [-0.39, 0.29) is 31.5 Å². The van der Waals surface area contributed by atoms with Crippen LogP contribution >= 0.6 is 0 Å². The number of unbranched alkanes of at least 4 members (excludes halogenated alkanes) is 18. The zero-order valence-corrected chi connectivity index (χ0v) is 42.4. The number of aliphatic hydroxyl groups is 6. The number of methoxy groups -OCH3 is 2. The van der Waals surface area contributed by atoms with Crippen molar-refractivity contribution >= 4 is 23.7 Å². The number of carbonyl (C=O) groups excluding carboxylic acids is 3. The molecule has 2 heterocycles. The third-order valence-corrected chi connectivity index (χ3v) is 11.8. The van der Waals surface area contributed by atoms with Gasteiger partial charge in [-0.25, -0.2) is 0 Å². The van der Waals surface area contributed by atoms with Crippen molar-refractivity contribution < 1.29 is 73.9 Å². The molecule has 2 fully saturated rings. The van der Waals surface area contributed by atoms with E-state index >= 15 is 0 Å². The molecule has 0 aliphatic carbocycles. The maximum atomic E-state index is 12.2. The number of nitrogens with two attached hydrogens (primary N) is 1. The Morgan fingerprint density at radius 3 is 1.30 bits per heavy atom.